The van der Waals surface area contributed by atoms with Crippen molar-refractivity contribution in [1.82, 2.24) is 0 Å². The molecule has 0 unspecified atom stereocenters. The predicted octanol–water partition coefficient (Wildman–Crippen LogP) is 4.14. The number of rotatable bonds is 3. The minimum absolute atomic E-state index is 0.0876. The molecule has 0 aliphatic rings. The van der Waals surface area contributed by atoms with Crippen LogP contribution in [0.4, 0.5) is 13.2 Å². The van der Waals surface area contributed by atoms with Gasteiger partial charge in [0.15, 0.2) is 0 Å². The quantitative estimate of drug-likeness (QED) is 0.758. The zero-order valence-electron chi connectivity index (χ0n) is 9.14. The fourth-order valence-electron chi connectivity index (χ4n) is 1.25. The van der Waals surface area contributed by atoms with Crippen LogP contribution in [-0.4, -0.2) is 6.10 Å². The molecule has 0 bridgehead atoms. The van der Waals surface area contributed by atoms with Crippen LogP contribution in [0.3, 0.4) is 0 Å². The van der Waals surface area contributed by atoms with E-state index in [1.165, 1.54) is 12.1 Å². The van der Waals surface area contributed by atoms with Gasteiger partial charge in [0.05, 0.1) is 11.7 Å². The maximum absolute atomic E-state index is 12.4. The molecule has 1 rings (SSSR count). The zero-order chi connectivity index (χ0) is 12.3. The van der Waals surface area contributed by atoms with Crippen molar-refractivity contribution in [3.63, 3.8) is 0 Å². The van der Waals surface area contributed by atoms with Crippen LogP contribution in [0, 0.1) is 0 Å². The first-order valence-electron chi connectivity index (χ1n) is 4.85. The largest absolute Gasteiger partial charge is 0.490 e. The third kappa shape index (κ3) is 3.02. The molecule has 1 nitrogen and oxygen atoms in total. The summed E-state index contributed by atoms with van der Waals surface area (Å²) in [5.41, 5.74) is -0.345. The standard InChI is InChI=1S/C12H13F3O/c1-4-9-7-10(12(13,14)15)5-6-11(9)16-8(2)3/h4-8H,1H2,2-3H3. The molecule has 88 valence electrons. The van der Waals surface area contributed by atoms with E-state index in [1.54, 1.807) is 0 Å². The van der Waals surface area contributed by atoms with Crippen molar-refractivity contribution in [3.8, 4) is 5.75 Å². The van der Waals surface area contributed by atoms with E-state index in [0.29, 0.717) is 11.3 Å². The molecule has 0 aromatic heterocycles. The van der Waals surface area contributed by atoms with Gasteiger partial charge in [-0.25, -0.2) is 0 Å². The highest BCUT2D eigenvalue weighted by atomic mass is 19.4. The minimum Gasteiger partial charge on any atom is -0.490 e. The van der Waals surface area contributed by atoms with Gasteiger partial charge >= 0.3 is 6.18 Å². The monoisotopic (exact) mass is 230 g/mol. The molecule has 0 saturated heterocycles. The van der Waals surface area contributed by atoms with E-state index in [9.17, 15) is 13.2 Å². The second-order valence-electron chi connectivity index (χ2n) is 3.62. The van der Waals surface area contributed by atoms with Crippen LogP contribution < -0.4 is 4.74 Å². The van der Waals surface area contributed by atoms with Gasteiger partial charge in [-0.05, 0) is 32.0 Å². The summed E-state index contributed by atoms with van der Waals surface area (Å²) >= 11 is 0. The van der Waals surface area contributed by atoms with Crippen LogP contribution in [0.25, 0.3) is 6.08 Å². The van der Waals surface area contributed by atoms with Crippen molar-refractivity contribution in [1.29, 1.82) is 0 Å². The third-order valence-corrected chi connectivity index (χ3v) is 1.92. The highest BCUT2D eigenvalue weighted by Gasteiger charge is 2.30. The van der Waals surface area contributed by atoms with E-state index < -0.39 is 11.7 Å². The van der Waals surface area contributed by atoms with Gasteiger partial charge in [0, 0.05) is 5.56 Å². The summed E-state index contributed by atoms with van der Waals surface area (Å²) in [5.74, 6) is 0.415. The summed E-state index contributed by atoms with van der Waals surface area (Å²) in [5, 5.41) is 0. The smallest absolute Gasteiger partial charge is 0.416 e. The van der Waals surface area contributed by atoms with Gasteiger partial charge in [0.1, 0.15) is 5.75 Å². The first-order chi connectivity index (χ1) is 7.34. The zero-order valence-corrected chi connectivity index (χ0v) is 9.14. The van der Waals surface area contributed by atoms with Gasteiger partial charge in [-0.3, -0.25) is 0 Å². The molecule has 1 aromatic rings. The second-order valence-corrected chi connectivity index (χ2v) is 3.62. The van der Waals surface area contributed by atoms with Crippen molar-refractivity contribution >= 4 is 6.08 Å². The van der Waals surface area contributed by atoms with Crippen molar-refractivity contribution in [2.45, 2.75) is 26.1 Å². The average Bonchev–Trinajstić information content (AvgIpc) is 2.15. The second kappa shape index (κ2) is 4.60. The van der Waals surface area contributed by atoms with Gasteiger partial charge in [-0.15, -0.1) is 0 Å². The van der Waals surface area contributed by atoms with Crippen LogP contribution in [0.15, 0.2) is 24.8 Å². The maximum atomic E-state index is 12.4. The molecule has 0 spiro atoms. The highest BCUT2D eigenvalue weighted by molar-refractivity contribution is 5.57. The van der Waals surface area contributed by atoms with Crippen LogP contribution in [-0.2, 0) is 6.18 Å². The Labute approximate surface area is 92.5 Å². The molecule has 4 heteroatoms. The fourth-order valence-corrected chi connectivity index (χ4v) is 1.25. The first-order valence-corrected chi connectivity index (χ1v) is 4.85. The van der Waals surface area contributed by atoms with Crippen LogP contribution in [0.1, 0.15) is 25.0 Å². The topological polar surface area (TPSA) is 9.23 Å². The molecule has 0 saturated carbocycles. The third-order valence-electron chi connectivity index (χ3n) is 1.92. The van der Waals surface area contributed by atoms with Crippen molar-refractivity contribution in [2.24, 2.45) is 0 Å². The summed E-state index contributed by atoms with van der Waals surface area (Å²) in [6.45, 7) is 7.09. The molecule has 1 aromatic carbocycles. The summed E-state index contributed by atoms with van der Waals surface area (Å²) in [6, 6.07) is 3.36. The highest BCUT2D eigenvalue weighted by Crippen LogP contribution is 2.33. The van der Waals surface area contributed by atoms with E-state index in [0.717, 1.165) is 12.1 Å². The normalized spacial score (nSPS) is 11.6. The van der Waals surface area contributed by atoms with Crippen molar-refractivity contribution in [3.05, 3.63) is 35.9 Å². The minimum atomic E-state index is -4.34. The van der Waals surface area contributed by atoms with E-state index in [2.05, 4.69) is 6.58 Å². The summed E-state index contributed by atoms with van der Waals surface area (Å²) in [4.78, 5) is 0. The molecule has 16 heavy (non-hydrogen) atoms. The lowest BCUT2D eigenvalue weighted by Gasteiger charge is -2.14. The number of alkyl halides is 3. The molecule has 0 atom stereocenters. The van der Waals surface area contributed by atoms with Crippen molar-refractivity contribution in [2.75, 3.05) is 0 Å². The molecule has 0 heterocycles. The Morgan fingerprint density at radius 2 is 1.94 bits per heavy atom. The summed E-state index contributed by atoms with van der Waals surface area (Å²) in [6.07, 6.45) is -3.07. The Balaban J connectivity index is 3.12. The average molecular weight is 230 g/mol. The number of ether oxygens (including phenoxy) is 1. The molecule has 0 fully saturated rings. The number of hydrogen-bond donors (Lipinski definition) is 0. The SMILES string of the molecule is C=Cc1cc(C(F)(F)F)ccc1OC(C)C. The van der Waals surface area contributed by atoms with Crippen LogP contribution in [0.2, 0.25) is 0 Å². The van der Waals surface area contributed by atoms with Gasteiger partial charge in [-0.1, -0.05) is 12.7 Å². The lowest BCUT2D eigenvalue weighted by Crippen LogP contribution is -2.09. The Hall–Kier alpha value is -1.45. The predicted molar refractivity (Wildman–Crippen MR) is 57.3 cm³/mol. The van der Waals surface area contributed by atoms with Crippen LogP contribution in [0.5, 0.6) is 5.75 Å². The first kappa shape index (κ1) is 12.6. The fraction of sp³-hybridized carbons (Fsp3) is 0.333. The Kier molecular flexibility index (Phi) is 3.62. The summed E-state index contributed by atoms with van der Waals surface area (Å²) < 4.78 is 42.6. The molecule has 0 aliphatic heterocycles. The Morgan fingerprint density at radius 3 is 2.38 bits per heavy atom. The molecule has 0 N–H and O–H groups in total. The van der Waals surface area contributed by atoms with E-state index in [-0.39, 0.29) is 6.10 Å². The van der Waals surface area contributed by atoms with Gasteiger partial charge in [0.25, 0.3) is 0 Å². The number of halogens is 3. The maximum Gasteiger partial charge on any atom is 0.416 e. The molecule has 0 aliphatic carbocycles. The summed E-state index contributed by atoms with van der Waals surface area (Å²) in [7, 11) is 0. The lowest BCUT2D eigenvalue weighted by atomic mass is 10.1. The van der Waals surface area contributed by atoms with Gasteiger partial charge < -0.3 is 4.74 Å². The van der Waals surface area contributed by atoms with E-state index in [4.69, 9.17) is 4.74 Å². The molecule has 0 amide bonds. The van der Waals surface area contributed by atoms with Gasteiger partial charge in [-0.2, -0.15) is 13.2 Å². The number of benzene rings is 1. The molecular weight excluding hydrogens is 217 g/mol. The van der Waals surface area contributed by atoms with E-state index in [1.807, 2.05) is 13.8 Å². The molecule has 0 radical (unpaired) electrons. The van der Waals surface area contributed by atoms with Crippen molar-refractivity contribution < 1.29 is 17.9 Å². The van der Waals surface area contributed by atoms with Gasteiger partial charge in [0.2, 0.25) is 0 Å². The lowest BCUT2D eigenvalue weighted by molar-refractivity contribution is -0.137. The Morgan fingerprint density at radius 1 is 1.31 bits per heavy atom. The van der Waals surface area contributed by atoms with E-state index >= 15 is 0 Å². The molecular formula is C12H13F3O. The Bertz CT molecular complexity index is 380. The van der Waals surface area contributed by atoms with Crippen LogP contribution >= 0.6 is 0 Å². The number of hydrogen-bond acceptors (Lipinski definition) is 1.